The quantitative estimate of drug-likeness (QED) is 0.433. The van der Waals surface area contributed by atoms with Crippen molar-refractivity contribution >= 4 is 5.97 Å². The first-order valence-corrected chi connectivity index (χ1v) is 12.1. The Balaban J connectivity index is 1.52. The molecule has 1 N–H and O–H groups in total. The molecule has 0 aliphatic heterocycles. The Hall–Kier alpha value is -3.12. The fourth-order valence-corrected chi connectivity index (χ4v) is 4.82. The van der Waals surface area contributed by atoms with Crippen molar-refractivity contribution < 1.29 is 19.4 Å². The zero-order valence-corrected chi connectivity index (χ0v) is 20.2. The van der Waals surface area contributed by atoms with Crippen LogP contribution < -0.4 is 4.74 Å². The van der Waals surface area contributed by atoms with Gasteiger partial charge in [0.25, 0.3) is 0 Å². The molecule has 1 aliphatic rings. The number of carbonyl (C=O) groups is 1. The van der Waals surface area contributed by atoms with E-state index in [0.29, 0.717) is 18.4 Å². The number of hydrogen-bond donors (Lipinski definition) is 1. The topological polar surface area (TPSA) is 73.6 Å². The van der Waals surface area contributed by atoms with Crippen molar-refractivity contribution in [3.05, 3.63) is 60.3 Å². The molecule has 180 valence electrons. The SMILES string of the molecule is COc1cccc(-c2c(-c3ccccc3)nn(CC3CCC(COC(C)C(=O)O)CC3)c2C)c1. The molecule has 0 saturated heterocycles. The minimum Gasteiger partial charge on any atom is -0.497 e. The summed E-state index contributed by atoms with van der Waals surface area (Å²) in [6.07, 6.45) is 3.58. The lowest BCUT2D eigenvalue weighted by Crippen LogP contribution is -2.26. The summed E-state index contributed by atoms with van der Waals surface area (Å²) in [5, 5.41) is 14.1. The number of rotatable bonds is 9. The van der Waals surface area contributed by atoms with E-state index in [-0.39, 0.29) is 0 Å². The fourth-order valence-electron chi connectivity index (χ4n) is 4.82. The van der Waals surface area contributed by atoms with Crippen LogP contribution in [-0.4, -0.2) is 40.7 Å². The Morgan fingerprint density at radius 3 is 2.41 bits per heavy atom. The molecular formula is C28H34N2O4. The van der Waals surface area contributed by atoms with Gasteiger partial charge >= 0.3 is 5.97 Å². The third-order valence-corrected chi connectivity index (χ3v) is 6.94. The molecule has 0 radical (unpaired) electrons. The number of carboxylic acids is 1. The number of aromatic nitrogens is 2. The first-order valence-electron chi connectivity index (χ1n) is 12.1. The van der Waals surface area contributed by atoms with E-state index in [2.05, 4.69) is 35.9 Å². The van der Waals surface area contributed by atoms with Crippen LogP contribution in [-0.2, 0) is 16.1 Å². The lowest BCUT2D eigenvalue weighted by molar-refractivity contribution is -0.150. The Morgan fingerprint density at radius 1 is 1.06 bits per heavy atom. The van der Waals surface area contributed by atoms with Gasteiger partial charge in [-0.05, 0) is 69.1 Å². The second kappa shape index (κ2) is 10.9. The molecule has 1 unspecified atom stereocenters. The lowest BCUT2D eigenvalue weighted by Gasteiger charge is -2.29. The molecule has 6 heteroatoms. The second-order valence-electron chi connectivity index (χ2n) is 9.29. The van der Waals surface area contributed by atoms with E-state index in [1.807, 2.05) is 30.3 Å². The summed E-state index contributed by atoms with van der Waals surface area (Å²) >= 11 is 0. The van der Waals surface area contributed by atoms with Crippen LogP contribution in [0, 0.1) is 18.8 Å². The van der Waals surface area contributed by atoms with E-state index in [1.54, 1.807) is 14.0 Å². The summed E-state index contributed by atoms with van der Waals surface area (Å²) < 4.78 is 13.2. The van der Waals surface area contributed by atoms with Gasteiger partial charge in [-0.3, -0.25) is 4.68 Å². The van der Waals surface area contributed by atoms with Gasteiger partial charge < -0.3 is 14.6 Å². The molecule has 4 rings (SSSR count). The van der Waals surface area contributed by atoms with Gasteiger partial charge in [0.2, 0.25) is 0 Å². The van der Waals surface area contributed by atoms with Gasteiger partial charge in [-0.1, -0.05) is 42.5 Å². The normalized spacial score (nSPS) is 19.0. The molecule has 2 aromatic carbocycles. The molecule has 6 nitrogen and oxygen atoms in total. The number of methoxy groups -OCH3 is 1. The minimum atomic E-state index is -0.899. The maximum Gasteiger partial charge on any atom is 0.332 e. The molecule has 1 heterocycles. The van der Waals surface area contributed by atoms with Crippen molar-refractivity contribution in [3.63, 3.8) is 0 Å². The predicted octanol–water partition coefficient (Wildman–Crippen LogP) is 5.83. The van der Waals surface area contributed by atoms with Crippen LogP contribution in [0.15, 0.2) is 54.6 Å². The lowest BCUT2D eigenvalue weighted by atomic mass is 9.82. The van der Waals surface area contributed by atoms with E-state index in [4.69, 9.17) is 19.7 Å². The number of aliphatic carboxylic acids is 1. The van der Waals surface area contributed by atoms with E-state index in [9.17, 15) is 4.79 Å². The summed E-state index contributed by atoms with van der Waals surface area (Å²) in [4.78, 5) is 11.0. The highest BCUT2D eigenvalue weighted by Crippen LogP contribution is 2.37. The van der Waals surface area contributed by atoms with Crippen LogP contribution in [0.3, 0.4) is 0 Å². The van der Waals surface area contributed by atoms with Gasteiger partial charge in [-0.25, -0.2) is 4.79 Å². The molecule has 1 atom stereocenters. The highest BCUT2D eigenvalue weighted by molar-refractivity contribution is 5.83. The van der Waals surface area contributed by atoms with E-state index in [1.165, 1.54) is 0 Å². The highest BCUT2D eigenvalue weighted by atomic mass is 16.5. The summed E-state index contributed by atoms with van der Waals surface area (Å²) in [6.45, 7) is 5.16. The van der Waals surface area contributed by atoms with Crippen LogP contribution in [0.1, 0.15) is 38.3 Å². The zero-order valence-electron chi connectivity index (χ0n) is 20.2. The van der Waals surface area contributed by atoms with Crippen molar-refractivity contribution in [1.29, 1.82) is 0 Å². The number of benzene rings is 2. The zero-order chi connectivity index (χ0) is 24.1. The monoisotopic (exact) mass is 462 g/mol. The van der Waals surface area contributed by atoms with Crippen molar-refractivity contribution in [2.24, 2.45) is 11.8 Å². The second-order valence-corrected chi connectivity index (χ2v) is 9.29. The van der Waals surface area contributed by atoms with Gasteiger partial charge in [-0.15, -0.1) is 0 Å². The first kappa shape index (κ1) is 24.0. The predicted molar refractivity (Wildman–Crippen MR) is 133 cm³/mol. The summed E-state index contributed by atoms with van der Waals surface area (Å²) in [5.74, 6) is 0.919. The average Bonchev–Trinajstić information content (AvgIpc) is 3.19. The molecule has 1 aromatic heterocycles. The van der Waals surface area contributed by atoms with Gasteiger partial charge in [0.15, 0.2) is 6.10 Å². The van der Waals surface area contributed by atoms with Crippen LogP contribution >= 0.6 is 0 Å². The molecular weight excluding hydrogens is 428 g/mol. The van der Waals surface area contributed by atoms with Crippen LogP contribution in [0.5, 0.6) is 5.75 Å². The summed E-state index contributed by atoms with van der Waals surface area (Å²) in [6, 6.07) is 18.5. The molecule has 1 fully saturated rings. The van der Waals surface area contributed by atoms with Crippen molar-refractivity contribution in [2.75, 3.05) is 13.7 Å². The van der Waals surface area contributed by atoms with Crippen LogP contribution in [0.4, 0.5) is 0 Å². The van der Waals surface area contributed by atoms with Crippen molar-refractivity contribution in [2.45, 2.75) is 52.2 Å². The largest absolute Gasteiger partial charge is 0.497 e. The van der Waals surface area contributed by atoms with E-state index < -0.39 is 12.1 Å². The molecule has 0 spiro atoms. The van der Waals surface area contributed by atoms with Gasteiger partial charge in [0.1, 0.15) is 11.4 Å². The third-order valence-electron chi connectivity index (χ3n) is 6.94. The molecule has 0 bridgehead atoms. The Bertz CT molecular complexity index is 1100. The number of ether oxygens (including phenoxy) is 2. The standard InChI is InChI=1S/C28H34N2O4/c1-19-26(24-10-7-11-25(16-24)33-3)27(23-8-5-4-6-9-23)29-30(19)17-21-12-14-22(15-13-21)18-34-20(2)28(31)32/h4-11,16,20-22H,12-15,17-18H2,1-3H3,(H,31,32). The fraction of sp³-hybridized carbons (Fsp3) is 0.429. The van der Waals surface area contributed by atoms with Gasteiger partial charge in [-0.2, -0.15) is 5.10 Å². The average molecular weight is 463 g/mol. The first-order chi connectivity index (χ1) is 16.5. The van der Waals surface area contributed by atoms with Crippen molar-refractivity contribution in [3.8, 4) is 28.1 Å². The Morgan fingerprint density at radius 2 is 1.74 bits per heavy atom. The maximum atomic E-state index is 11.0. The van der Waals surface area contributed by atoms with Crippen molar-refractivity contribution in [1.82, 2.24) is 9.78 Å². The molecule has 3 aromatic rings. The third kappa shape index (κ3) is 5.50. The van der Waals surface area contributed by atoms with Crippen LogP contribution in [0.2, 0.25) is 0 Å². The number of carboxylic acid groups (broad SMARTS) is 1. The van der Waals surface area contributed by atoms with Gasteiger partial charge in [0, 0.05) is 23.4 Å². The van der Waals surface area contributed by atoms with Gasteiger partial charge in [0.05, 0.1) is 13.7 Å². The highest BCUT2D eigenvalue weighted by Gasteiger charge is 2.25. The Kier molecular flexibility index (Phi) is 7.68. The van der Waals surface area contributed by atoms with Crippen LogP contribution in [0.25, 0.3) is 22.4 Å². The molecule has 34 heavy (non-hydrogen) atoms. The number of nitrogens with zero attached hydrogens (tertiary/aromatic N) is 2. The summed E-state index contributed by atoms with van der Waals surface area (Å²) in [5.41, 5.74) is 5.52. The molecule has 0 amide bonds. The molecule has 1 aliphatic carbocycles. The minimum absolute atomic E-state index is 0.434. The van der Waals surface area contributed by atoms with E-state index in [0.717, 1.165) is 66.1 Å². The Labute approximate surface area is 201 Å². The van der Waals surface area contributed by atoms with E-state index >= 15 is 0 Å². The maximum absolute atomic E-state index is 11.0. The molecule has 1 saturated carbocycles. The smallest absolute Gasteiger partial charge is 0.332 e. The summed E-state index contributed by atoms with van der Waals surface area (Å²) in [7, 11) is 1.69. The number of hydrogen-bond acceptors (Lipinski definition) is 4.